The number of nitrogens with one attached hydrogen (secondary N) is 1. The molecule has 1 amide bonds. The molecule has 0 saturated carbocycles. The molecule has 138 valence electrons. The van der Waals surface area contributed by atoms with E-state index in [0.29, 0.717) is 6.42 Å². The van der Waals surface area contributed by atoms with Crippen molar-refractivity contribution < 1.29 is 4.79 Å². The first-order chi connectivity index (χ1) is 11.2. The molecule has 0 heterocycles. The molecule has 23 heavy (non-hydrogen) atoms. The standard InChI is InChI=1S/C20H42N2O/c1-4-5-6-7-8-9-10-11-12-13-14-15-17-20(23)21-18-16-19-22(2)3/h4-19H2,1-3H3,(H,21,23). The van der Waals surface area contributed by atoms with Crippen molar-refractivity contribution in [3.8, 4) is 0 Å². The van der Waals surface area contributed by atoms with Crippen molar-refractivity contribution in [2.24, 2.45) is 0 Å². The third-order valence-corrected chi connectivity index (χ3v) is 4.36. The first-order valence-electron chi connectivity index (χ1n) is 10.1. The van der Waals surface area contributed by atoms with Crippen LogP contribution in [-0.2, 0) is 4.79 Å². The van der Waals surface area contributed by atoms with E-state index in [4.69, 9.17) is 0 Å². The lowest BCUT2D eigenvalue weighted by atomic mass is 10.0. The minimum atomic E-state index is 0.232. The second-order valence-corrected chi connectivity index (χ2v) is 7.15. The van der Waals surface area contributed by atoms with E-state index in [2.05, 4.69) is 31.2 Å². The summed E-state index contributed by atoms with van der Waals surface area (Å²) in [6.07, 6.45) is 17.9. The van der Waals surface area contributed by atoms with E-state index in [-0.39, 0.29) is 5.91 Å². The summed E-state index contributed by atoms with van der Waals surface area (Å²) in [5.74, 6) is 0.232. The number of unbranched alkanes of at least 4 members (excludes halogenated alkanes) is 11. The van der Waals surface area contributed by atoms with Crippen LogP contribution in [0.3, 0.4) is 0 Å². The van der Waals surface area contributed by atoms with E-state index < -0.39 is 0 Å². The van der Waals surface area contributed by atoms with Gasteiger partial charge >= 0.3 is 0 Å². The predicted octanol–water partition coefficient (Wildman–Crippen LogP) is 5.15. The van der Waals surface area contributed by atoms with Gasteiger partial charge in [-0.05, 0) is 33.5 Å². The third kappa shape index (κ3) is 19.4. The Balaban J connectivity index is 3.13. The maximum absolute atomic E-state index is 11.6. The molecule has 0 aliphatic rings. The molecule has 0 bridgehead atoms. The number of nitrogens with zero attached hydrogens (tertiary/aromatic N) is 1. The summed E-state index contributed by atoms with van der Waals surface area (Å²) in [6, 6.07) is 0. The average Bonchev–Trinajstić information content (AvgIpc) is 2.52. The third-order valence-electron chi connectivity index (χ3n) is 4.36. The van der Waals surface area contributed by atoms with E-state index in [1.54, 1.807) is 0 Å². The van der Waals surface area contributed by atoms with E-state index in [0.717, 1.165) is 25.9 Å². The van der Waals surface area contributed by atoms with Crippen LogP contribution in [0.1, 0.15) is 96.8 Å². The van der Waals surface area contributed by atoms with Gasteiger partial charge in [-0.15, -0.1) is 0 Å². The lowest BCUT2D eigenvalue weighted by Gasteiger charge is -2.09. The molecular formula is C20H42N2O. The quantitative estimate of drug-likeness (QED) is 0.375. The number of amides is 1. The molecule has 0 aromatic heterocycles. The van der Waals surface area contributed by atoms with Crippen molar-refractivity contribution >= 4 is 5.91 Å². The monoisotopic (exact) mass is 326 g/mol. The van der Waals surface area contributed by atoms with Crippen molar-refractivity contribution in [1.82, 2.24) is 10.2 Å². The highest BCUT2D eigenvalue weighted by molar-refractivity contribution is 5.75. The minimum Gasteiger partial charge on any atom is -0.356 e. The fourth-order valence-corrected chi connectivity index (χ4v) is 2.84. The van der Waals surface area contributed by atoms with E-state index in [1.807, 2.05) is 0 Å². The van der Waals surface area contributed by atoms with Crippen molar-refractivity contribution in [3.63, 3.8) is 0 Å². The number of hydrogen-bond donors (Lipinski definition) is 1. The van der Waals surface area contributed by atoms with Crippen molar-refractivity contribution in [3.05, 3.63) is 0 Å². The van der Waals surface area contributed by atoms with Crippen molar-refractivity contribution in [1.29, 1.82) is 0 Å². The molecule has 3 heteroatoms. The number of carbonyl (C=O) groups excluding carboxylic acids is 1. The molecule has 0 atom stereocenters. The predicted molar refractivity (Wildman–Crippen MR) is 102 cm³/mol. The first kappa shape index (κ1) is 22.4. The minimum absolute atomic E-state index is 0.232. The molecule has 0 saturated heterocycles. The zero-order valence-corrected chi connectivity index (χ0v) is 16.2. The molecule has 0 spiro atoms. The molecule has 0 aliphatic carbocycles. The Kier molecular flexibility index (Phi) is 17.3. The Labute approximate surface area is 145 Å². The lowest BCUT2D eigenvalue weighted by molar-refractivity contribution is -0.121. The lowest BCUT2D eigenvalue weighted by Crippen LogP contribution is -2.26. The Morgan fingerprint density at radius 1 is 0.739 bits per heavy atom. The van der Waals surface area contributed by atoms with E-state index >= 15 is 0 Å². The van der Waals surface area contributed by atoms with E-state index in [1.165, 1.54) is 70.6 Å². The molecule has 0 radical (unpaired) electrons. The van der Waals surface area contributed by atoms with Crippen LogP contribution >= 0.6 is 0 Å². The molecule has 0 aromatic rings. The highest BCUT2D eigenvalue weighted by Gasteiger charge is 2.00. The van der Waals surface area contributed by atoms with Crippen LogP contribution in [-0.4, -0.2) is 38.0 Å². The Hall–Kier alpha value is -0.570. The summed E-state index contributed by atoms with van der Waals surface area (Å²) < 4.78 is 0. The number of rotatable bonds is 17. The van der Waals surface area contributed by atoms with Crippen LogP contribution < -0.4 is 5.32 Å². The highest BCUT2D eigenvalue weighted by atomic mass is 16.1. The Morgan fingerprint density at radius 2 is 1.22 bits per heavy atom. The highest BCUT2D eigenvalue weighted by Crippen LogP contribution is 2.12. The zero-order chi connectivity index (χ0) is 17.2. The van der Waals surface area contributed by atoms with Crippen molar-refractivity contribution in [2.45, 2.75) is 96.8 Å². The van der Waals surface area contributed by atoms with Crippen LogP contribution in [0.2, 0.25) is 0 Å². The topological polar surface area (TPSA) is 32.3 Å². The van der Waals surface area contributed by atoms with Gasteiger partial charge in [-0.3, -0.25) is 4.79 Å². The summed E-state index contributed by atoms with van der Waals surface area (Å²) in [4.78, 5) is 13.8. The van der Waals surface area contributed by atoms with Crippen LogP contribution in [0, 0.1) is 0 Å². The maximum atomic E-state index is 11.6. The fraction of sp³-hybridized carbons (Fsp3) is 0.950. The van der Waals surface area contributed by atoms with Crippen LogP contribution in [0.25, 0.3) is 0 Å². The van der Waals surface area contributed by atoms with Gasteiger partial charge in [0.05, 0.1) is 0 Å². The Morgan fingerprint density at radius 3 is 1.70 bits per heavy atom. The van der Waals surface area contributed by atoms with E-state index in [9.17, 15) is 4.79 Å². The smallest absolute Gasteiger partial charge is 0.219 e. The van der Waals surface area contributed by atoms with Gasteiger partial charge < -0.3 is 10.2 Å². The molecule has 1 N–H and O–H groups in total. The summed E-state index contributed by atoms with van der Waals surface area (Å²) in [5, 5.41) is 3.01. The first-order valence-corrected chi connectivity index (χ1v) is 10.1. The summed E-state index contributed by atoms with van der Waals surface area (Å²) >= 11 is 0. The van der Waals surface area contributed by atoms with Crippen molar-refractivity contribution in [2.75, 3.05) is 27.2 Å². The molecular weight excluding hydrogens is 284 g/mol. The number of hydrogen-bond acceptors (Lipinski definition) is 2. The van der Waals surface area contributed by atoms with Gasteiger partial charge in [0, 0.05) is 13.0 Å². The van der Waals surface area contributed by atoms with Gasteiger partial charge in [0.15, 0.2) is 0 Å². The maximum Gasteiger partial charge on any atom is 0.219 e. The van der Waals surface area contributed by atoms with Crippen LogP contribution in [0.4, 0.5) is 0 Å². The fourth-order valence-electron chi connectivity index (χ4n) is 2.84. The largest absolute Gasteiger partial charge is 0.356 e. The molecule has 3 nitrogen and oxygen atoms in total. The SMILES string of the molecule is CCCCCCCCCCCCCCC(=O)NCCCN(C)C. The zero-order valence-electron chi connectivity index (χ0n) is 16.2. The second kappa shape index (κ2) is 17.8. The molecule has 0 unspecified atom stereocenters. The van der Waals surface area contributed by atoms with Gasteiger partial charge in [0.2, 0.25) is 5.91 Å². The van der Waals surface area contributed by atoms with Crippen LogP contribution in [0.15, 0.2) is 0 Å². The summed E-state index contributed by atoms with van der Waals surface area (Å²) in [6.45, 7) is 4.13. The van der Waals surface area contributed by atoms with Gasteiger partial charge in [-0.1, -0.05) is 77.6 Å². The summed E-state index contributed by atoms with van der Waals surface area (Å²) in [7, 11) is 4.13. The van der Waals surface area contributed by atoms with Gasteiger partial charge in [-0.2, -0.15) is 0 Å². The molecule has 0 aliphatic heterocycles. The van der Waals surface area contributed by atoms with Crippen LogP contribution in [0.5, 0.6) is 0 Å². The van der Waals surface area contributed by atoms with Gasteiger partial charge in [-0.25, -0.2) is 0 Å². The number of carbonyl (C=O) groups is 1. The second-order valence-electron chi connectivity index (χ2n) is 7.15. The van der Waals surface area contributed by atoms with Gasteiger partial charge in [0.25, 0.3) is 0 Å². The Bertz CT molecular complexity index is 254. The summed E-state index contributed by atoms with van der Waals surface area (Å²) in [5.41, 5.74) is 0. The normalized spacial score (nSPS) is 11.1. The molecule has 0 fully saturated rings. The molecule has 0 aromatic carbocycles. The average molecular weight is 327 g/mol. The van der Waals surface area contributed by atoms with Gasteiger partial charge in [0.1, 0.15) is 0 Å². The molecule has 0 rings (SSSR count).